The predicted octanol–water partition coefficient (Wildman–Crippen LogP) is 4.83. The van der Waals surface area contributed by atoms with Crippen molar-refractivity contribution in [3.8, 4) is 28.4 Å². The Morgan fingerprint density at radius 3 is 2.67 bits per heavy atom. The van der Waals surface area contributed by atoms with Crippen LogP contribution in [0.5, 0.6) is 17.2 Å². The van der Waals surface area contributed by atoms with E-state index in [1.54, 1.807) is 6.08 Å². The molecule has 164 valence electrons. The number of nitrogens with zero attached hydrogens (tertiary/aromatic N) is 1. The lowest BCUT2D eigenvalue weighted by Gasteiger charge is -2.09. The number of fused-ring (bicyclic) bond motifs is 2. The minimum absolute atomic E-state index is 0.0301. The number of carbonyl (C=O) groups excluding carboxylic acids is 2. The molecule has 3 N–H and O–H groups in total. The smallest absolute Gasteiger partial charge is 0.235 e. The summed E-state index contributed by atoms with van der Waals surface area (Å²) in [7, 11) is 1.91. The van der Waals surface area contributed by atoms with Crippen LogP contribution in [0.2, 0.25) is 0 Å². The molecule has 1 aromatic heterocycles. The van der Waals surface area contributed by atoms with E-state index in [1.807, 2.05) is 60.3 Å². The number of amides is 1. The van der Waals surface area contributed by atoms with Crippen molar-refractivity contribution < 1.29 is 24.5 Å². The van der Waals surface area contributed by atoms with Crippen LogP contribution in [0, 0.1) is 0 Å². The molecule has 3 aromatic carbocycles. The molecule has 0 atom stereocenters. The number of aromatic hydroxyl groups is 2. The normalized spacial score (nSPS) is 13.9. The fraction of sp³-hybridized carbons (Fsp3) is 0.0769. The number of allylic oxidation sites excluding steroid dienone is 1. The lowest BCUT2D eigenvalue weighted by atomic mass is 9.98. The van der Waals surface area contributed by atoms with Crippen molar-refractivity contribution in [3.05, 3.63) is 77.7 Å². The molecule has 0 radical (unpaired) electrons. The zero-order valence-electron chi connectivity index (χ0n) is 17.9. The van der Waals surface area contributed by atoms with Crippen LogP contribution in [0.1, 0.15) is 22.8 Å². The summed E-state index contributed by atoms with van der Waals surface area (Å²) in [5, 5.41) is 23.5. The number of nitrogens with one attached hydrogen (secondary N) is 1. The average molecular weight is 440 g/mol. The lowest BCUT2D eigenvalue weighted by molar-refractivity contribution is -0.114. The number of hydrogen-bond acceptors (Lipinski definition) is 5. The molecule has 0 unspecified atom stereocenters. The number of ketones is 1. The molecular weight excluding hydrogens is 420 g/mol. The minimum Gasteiger partial charge on any atom is -0.508 e. The van der Waals surface area contributed by atoms with Crippen molar-refractivity contribution in [2.24, 2.45) is 7.05 Å². The van der Waals surface area contributed by atoms with E-state index in [2.05, 4.69) is 5.32 Å². The van der Waals surface area contributed by atoms with Gasteiger partial charge in [0.25, 0.3) is 0 Å². The summed E-state index contributed by atoms with van der Waals surface area (Å²) in [6.45, 7) is 1.46. The number of phenolic OH excluding ortho intramolecular Hbond substituents is 2. The Hall–Kier alpha value is -4.52. The summed E-state index contributed by atoms with van der Waals surface area (Å²) in [6.07, 6.45) is 3.54. The zero-order valence-corrected chi connectivity index (χ0v) is 17.9. The summed E-state index contributed by atoms with van der Waals surface area (Å²) in [5.74, 6) is -0.947. The third-order valence-corrected chi connectivity index (χ3v) is 5.56. The highest BCUT2D eigenvalue weighted by Crippen LogP contribution is 2.41. The molecule has 0 aliphatic carbocycles. The van der Waals surface area contributed by atoms with Gasteiger partial charge in [0.2, 0.25) is 11.7 Å². The second-order valence-electron chi connectivity index (χ2n) is 7.93. The summed E-state index contributed by atoms with van der Waals surface area (Å²) in [5.41, 5.74) is 4.26. The second kappa shape index (κ2) is 7.56. The average Bonchev–Trinajstić information content (AvgIpc) is 3.24. The van der Waals surface area contributed by atoms with Crippen molar-refractivity contribution >= 4 is 34.4 Å². The standard InChI is InChI=1S/C26H20N2O5/c1-14(29)27-17-6-3-5-15(9-17)19-7-4-8-20-24(19)16(13-28(20)2)10-23-26(32)25-21(31)11-18(30)12-22(25)33-23/h3-13,30-31H,1-2H3,(H,27,29). The van der Waals surface area contributed by atoms with Crippen LogP contribution in [0.3, 0.4) is 0 Å². The quantitative estimate of drug-likeness (QED) is 0.396. The molecule has 7 heteroatoms. The summed E-state index contributed by atoms with van der Waals surface area (Å²) in [4.78, 5) is 24.4. The number of phenols is 2. The third kappa shape index (κ3) is 3.49. The number of rotatable bonds is 3. The maximum Gasteiger partial charge on any atom is 0.235 e. The Morgan fingerprint density at radius 1 is 1.09 bits per heavy atom. The Labute approximate surface area is 189 Å². The van der Waals surface area contributed by atoms with E-state index < -0.39 is 5.78 Å². The molecule has 0 saturated carbocycles. The fourth-order valence-corrected chi connectivity index (χ4v) is 4.22. The highest BCUT2D eigenvalue weighted by Gasteiger charge is 2.31. The van der Waals surface area contributed by atoms with Crippen molar-refractivity contribution in [2.75, 3.05) is 5.32 Å². The Morgan fingerprint density at radius 2 is 1.88 bits per heavy atom. The van der Waals surface area contributed by atoms with Crippen LogP contribution < -0.4 is 10.1 Å². The number of Topliss-reactive ketones (excluding diaryl/α,β-unsaturated/α-hetero) is 1. The number of aryl methyl sites for hydroxylation is 1. The largest absolute Gasteiger partial charge is 0.508 e. The summed E-state index contributed by atoms with van der Waals surface area (Å²) in [6, 6.07) is 15.9. The summed E-state index contributed by atoms with van der Waals surface area (Å²) >= 11 is 0. The van der Waals surface area contributed by atoms with Gasteiger partial charge in [0.1, 0.15) is 22.8 Å². The molecule has 0 fully saturated rings. The fourth-order valence-electron chi connectivity index (χ4n) is 4.22. The zero-order chi connectivity index (χ0) is 23.3. The van der Waals surface area contributed by atoms with Gasteiger partial charge >= 0.3 is 0 Å². The molecular formula is C26H20N2O5. The molecule has 0 saturated heterocycles. The summed E-state index contributed by atoms with van der Waals surface area (Å²) < 4.78 is 7.64. The van der Waals surface area contributed by atoms with Gasteiger partial charge in [0.05, 0.1) is 0 Å². The first-order valence-electron chi connectivity index (χ1n) is 10.3. The maximum atomic E-state index is 12.9. The first kappa shape index (κ1) is 20.4. The van der Waals surface area contributed by atoms with Crippen molar-refractivity contribution in [1.29, 1.82) is 0 Å². The highest BCUT2D eigenvalue weighted by molar-refractivity contribution is 6.17. The van der Waals surface area contributed by atoms with E-state index in [0.29, 0.717) is 5.69 Å². The lowest BCUT2D eigenvalue weighted by Crippen LogP contribution is -2.05. The SMILES string of the molecule is CC(=O)Nc1cccc(-c2cccc3c2c(C=C2Oc4cc(O)cc(O)c4C2=O)cn3C)c1. The molecule has 7 nitrogen and oxygen atoms in total. The number of benzene rings is 3. The van der Waals surface area contributed by atoms with Crippen molar-refractivity contribution in [2.45, 2.75) is 6.92 Å². The van der Waals surface area contributed by atoms with Gasteiger partial charge in [0.15, 0.2) is 5.76 Å². The van der Waals surface area contributed by atoms with Crippen molar-refractivity contribution in [1.82, 2.24) is 4.57 Å². The van der Waals surface area contributed by atoms with Gasteiger partial charge < -0.3 is 24.8 Å². The molecule has 2 heterocycles. The second-order valence-corrected chi connectivity index (χ2v) is 7.93. The van der Waals surface area contributed by atoms with Gasteiger partial charge in [-0.1, -0.05) is 24.3 Å². The number of carbonyl (C=O) groups is 2. The molecule has 1 aliphatic heterocycles. The minimum atomic E-state index is -0.454. The Bertz CT molecular complexity index is 1500. The number of hydrogen-bond donors (Lipinski definition) is 3. The molecule has 0 spiro atoms. The van der Waals surface area contributed by atoms with Gasteiger partial charge in [-0.3, -0.25) is 9.59 Å². The molecule has 5 rings (SSSR count). The van der Waals surface area contributed by atoms with E-state index >= 15 is 0 Å². The predicted molar refractivity (Wildman–Crippen MR) is 125 cm³/mol. The monoisotopic (exact) mass is 440 g/mol. The van der Waals surface area contributed by atoms with Crippen LogP contribution in [0.15, 0.2) is 66.6 Å². The molecule has 1 aliphatic rings. The number of ether oxygens (including phenoxy) is 1. The molecule has 0 bridgehead atoms. The van der Waals surface area contributed by atoms with Gasteiger partial charge in [-0.05, 0) is 35.4 Å². The van der Waals surface area contributed by atoms with Gasteiger partial charge in [-0.15, -0.1) is 0 Å². The first-order valence-corrected chi connectivity index (χ1v) is 10.3. The van der Waals surface area contributed by atoms with E-state index in [-0.39, 0.29) is 34.5 Å². The van der Waals surface area contributed by atoms with E-state index in [1.165, 1.54) is 13.0 Å². The highest BCUT2D eigenvalue weighted by atomic mass is 16.5. The molecule has 1 amide bonds. The van der Waals surface area contributed by atoms with Crippen molar-refractivity contribution in [3.63, 3.8) is 0 Å². The molecule has 4 aromatic rings. The molecule has 33 heavy (non-hydrogen) atoms. The van der Waals surface area contributed by atoms with E-state index in [9.17, 15) is 19.8 Å². The van der Waals surface area contributed by atoms with Crippen LogP contribution in [0.4, 0.5) is 5.69 Å². The Balaban J connectivity index is 1.65. The first-order chi connectivity index (χ1) is 15.8. The number of anilines is 1. The van der Waals surface area contributed by atoms with Crippen LogP contribution in [0.25, 0.3) is 28.1 Å². The van der Waals surface area contributed by atoms with Gasteiger partial charge in [-0.25, -0.2) is 0 Å². The van der Waals surface area contributed by atoms with E-state index in [4.69, 9.17) is 4.74 Å². The maximum absolute atomic E-state index is 12.9. The van der Waals surface area contributed by atoms with Gasteiger partial charge in [-0.2, -0.15) is 0 Å². The van der Waals surface area contributed by atoms with Crippen LogP contribution >= 0.6 is 0 Å². The number of aromatic nitrogens is 1. The topological polar surface area (TPSA) is 101 Å². The Kier molecular flexibility index (Phi) is 4.67. The van der Waals surface area contributed by atoms with Gasteiger partial charge in [0, 0.05) is 54.5 Å². The third-order valence-electron chi connectivity index (χ3n) is 5.56. The van der Waals surface area contributed by atoms with Crippen LogP contribution in [-0.4, -0.2) is 26.5 Å². The van der Waals surface area contributed by atoms with E-state index in [0.717, 1.165) is 33.7 Å². The van der Waals surface area contributed by atoms with Crippen LogP contribution in [-0.2, 0) is 11.8 Å².